The SMILES string of the molecule is C=C(C(=O)OC1C2CC3C1OC(=O)C3C2C(=O)OC1(CC)CCCC1)C(F)(F)F.CCC1(OC(=O)C2C3CC4C(OC(=O)C42)C3O)CCCC1. The van der Waals surface area contributed by atoms with Gasteiger partial charge in [-0.05, 0) is 77.0 Å². The molecule has 0 amide bonds. The lowest BCUT2D eigenvalue weighted by molar-refractivity contribution is -0.176. The zero-order valence-corrected chi connectivity index (χ0v) is 28.3. The van der Waals surface area contributed by atoms with Gasteiger partial charge in [-0.15, -0.1) is 0 Å². The quantitative estimate of drug-likeness (QED) is 0.215. The van der Waals surface area contributed by atoms with Gasteiger partial charge in [0.25, 0.3) is 0 Å². The summed E-state index contributed by atoms with van der Waals surface area (Å²) < 4.78 is 65.6. The van der Waals surface area contributed by atoms with Crippen LogP contribution in [-0.4, -0.2) is 76.7 Å². The summed E-state index contributed by atoms with van der Waals surface area (Å²) in [6.45, 7) is 6.74. The van der Waals surface area contributed by atoms with E-state index < -0.39 is 77.2 Å². The molecule has 2 saturated heterocycles. The molecule has 0 aromatic rings. The van der Waals surface area contributed by atoms with E-state index in [1.165, 1.54) is 0 Å². The van der Waals surface area contributed by atoms with E-state index >= 15 is 0 Å². The molecule has 2 aliphatic heterocycles. The molecule has 12 unspecified atom stereocenters. The second kappa shape index (κ2) is 12.5. The van der Waals surface area contributed by atoms with Gasteiger partial charge >= 0.3 is 36.0 Å². The van der Waals surface area contributed by atoms with E-state index in [0.717, 1.165) is 57.8 Å². The van der Waals surface area contributed by atoms with Gasteiger partial charge in [-0.1, -0.05) is 20.4 Å². The number of carbonyl (C=O) groups is 5. The molecule has 0 radical (unpaired) electrons. The minimum atomic E-state index is -4.92. The average Bonchev–Trinajstić information content (AvgIpc) is 3.92. The first kappa shape index (κ1) is 35.3. The van der Waals surface area contributed by atoms with Crippen molar-refractivity contribution in [3.63, 3.8) is 0 Å². The van der Waals surface area contributed by atoms with E-state index in [1.54, 1.807) is 0 Å². The van der Waals surface area contributed by atoms with Crippen LogP contribution in [-0.2, 0) is 47.7 Å². The highest BCUT2D eigenvalue weighted by Crippen LogP contribution is 2.60. The van der Waals surface area contributed by atoms with Crippen LogP contribution in [0.2, 0.25) is 0 Å². The van der Waals surface area contributed by atoms with Crippen LogP contribution in [0.5, 0.6) is 0 Å². The minimum Gasteiger partial charge on any atom is -0.459 e. The third-order valence-electron chi connectivity index (χ3n) is 13.4. The van der Waals surface area contributed by atoms with E-state index in [1.807, 2.05) is 13.8 Å². The van der Waals surface area contributed by atoms with Crippen LogP contribution in [0.25, 0.3) is 0 Å². The summed E-state index contributed by atoms with van der Waals surface area (Å²) in [7, 11) is 0. The number of aliphatic hydroxyl groups excluding tert-OH is 1. The Morgan fingerprint density at radius 1 is 0.780 bits per heavy atom. The van der Waals surface area contributed by atoms with Crippen molar-refractivity contribution in [2.24, 2.45) is 47.3 Å². The van der Waals surface area contributed by atoms with Crippen LogP contribution in [0.3, 0.4) is 0 Å². The number of carbonyl (C=O) groups excluding carboxylic acids is 5. The first-order valence-corrected chi connectivity index (χ1v) is 18.2. The Hall–Kier alpha value is -3.16. The monoisotopic (exact) mass is 710 g/mol. The van der Waals surface area contributed by atoms with Crippen molar-refractivity contribution in [3.05, 3.63) is 12.2 Å². The maximum atomic E-state index is 13.0. The first-order chi connectivity index (χ1) is 23.6. The van der Waals surface area contributed by atoms with E-state index in [-0.39, 0.29) is 47.3 Å². The summed E-state index contributed by atoms with van der Waals surface area (Å²) in [4.78, 5) is 62.0. The van der Waals surface area contributed by atoms with E-state index in [0.29, 0.717) is 19.3 Å². The zero-order chi connectivity index (χ0) is 35.9. The molecule has 11 nitrogen and oxygen atoms in total. The number of esters is 5. The van der Waals surface area contributed by atoms with Crippen molar-refractivity contribution in [2.75, 3.05) is 0 Å². The first-order valence-electron chi connectivity index (χ1n) is 18.2. The number of ether oxygens (including phenoxy) is 5. The van der Waals surface area contributed by atoms with Crippen LogP contribution < -0.4 is 0 Å². The summed E-state index contributed by atoms with van der Waals surface area (Å²) >= 11 is 0. The van der Waals surface area contributed by atoms with Crippen LogP contribution in [0.4, 0.5) is 13.2 Å². The Labute approximate surface area is 287 Å². The summed E-state index contributed by atoms with van der Waals surface area (Å²) in [5.41, 5.74) is -2.53. The van der Waals surface area contributed by atoms with Crippen molar-refractivity contribution >= 4 is 29.8 Å². The Kier molecular flexibility index (Phi) is 8.82. The molecule has 0 aromatic carbocycles. The number of hydrogen-bond donors (Lipinski definition) is 1. The largest absolute Gasteiger partial charge is 0.459 e. The molecule has 1 N–H and O–H groups in total. The van der Waals surface area contributed by atoms with Gasteiger partial charge in [0.1, 0.15) is 35.1 Å². The molecule has 6 saturated carbocycles. The smallest absolute Gasteiger partial charge is 0.422 e. The van der Waals surface area contributed by atoms with Crippen molar-refractivity contribution in [3.8, 4) is 0 Å². The average molecular weight is 711 g/mol. The third-order valence-corrected chi connectivity index (χ3v) is 13.4. The predicted molar refractivity (Wildman–Crippen MR) is 163 cm³/mol. The van der Waals surface area contributed by atoms with Gasteiger partial charge < -0.3 is 28.8 Å². The molecule has 4 bridgehead atoms. The molecular weight excluding hydrogens is 665 g/mol. The minimum absolute atomic E-state index is 0.0104. The number of halogens is 3. The topological polar surface area (TPSA) is 152 Å². The highest BCUT2D eigenvalue weighted by atomic mass is 19.4. The lowest BCUT2D eigenvalue weighted by Gasteiger charge is -2.34. The number of hydrogen-bond acceptors (Lipinski definition) is 11. The zero-order valence-electron chi connectivity index (χ0n) is 28.3. The van der Waals surface area contributed by atoms with Crippen LogP contribution in [0.15, 0.2) is 12.2 Å². The van der Waals surface area contributed by atoms with Crippen LogP contribution in [0.1, 0.15) is 90.9 Å². The fourth-order valence-corrected chi connectivity index (χ4v) is 10.8. The van der Waals surface area contributed by atoms with Gasteiger partial charge in [0.15, 0.2) is 0 Å². The maximum Gasteiger partial charge on any atom is 0.422 e. The molecule has 0 spiro atoms. The third kappa shape index (κ3) is 5.53. The summed E-state index contributed by atoms with van der Waals surface area (Å²) in [6.07, 6.45) is 2.03. The molecule has 276 valence electrons. The second-order valence-corrected chi connectivity index (χ2v) is 15.7. The number of fused-ring (bicyclic) bond motifs is 2. The Morgan fingerprint density at radius 3 is 1.70 bits per heavy atom. The van der Waals surface area contributed by atoms with Crippen LogP contribution in [0, 0.1) is 47.3 Å². The molecular formula is C36H45F3O11. The summed E-state index contributed by atoms with van der Waals surface area (Å²) in [6, 6.07) is 0. The van der Waals surface area contributed by atoms with E-state index in [9.17, 15) is 42.3 Å². The molecule has 2 heterocycles. The number of aliphatic hydroxyl groups is 1. The van der Waals surface area contributed by atoms with Gasteiger partial charge in [-0.3, -0.25) is 19.2 Å². The van der Waals surface area contributed by atoms with Gasteiger partial charge in [-0.2, -0.15) is 13.2 Å². The van der Waals surface area contributed by atoms with E-state index in [2.05, 4.69) is 6.58 Å². The van der Waals surface area contributed by atoms with Crippen molar-refractivity contribution in [2.45, 2.75) is 133 Å². The molecule has 12 atom stereocenters. The molecule has 8 fully saturated rings. The van der Waals surface area contributed by atoms with Crippen molar-refractivity contribution in [1.29, 1.82) is 0 Å². The molecule has 6 aliphatic carbocycles. The lowest BCUT2D eigenvalue weighted by Crippen LogP contribution is -2.46. The molecule has 8 rings (SSSR count). The Bertz CT molecular complexity index is 1450. The van der Waals surface area contributed by atoms with Gasteiger partial charge in [0.05, 0.1) is 29.8 Å². The molecule has 0 aromatic heterocycles. The maximum absolute atomic E-state index is 13.0. The second-order valence-electron chi connectivity index (χ2n) is 15.7. The molecule has 50 heavy (non-hydrogen) atoms. The molecule has 14 heteroatoms. The van der Waals surface area contributed by atoms with Crippen molar-refractivity contribution in [1.82, 2.24) is 0 Å². The van der Waals surface area contributed by atoms with Crippen molar-refractivity contribution < 1.29 is 65.9 Å². The van der Waals surface area contributed by atoms with Gasteiger partial charge in [0.2, 0.25) is 0 Å². The fraction of sp³-hybridized carbons (Fsp3) is 0.806. The Balaban J connectivity index is 0.000000165. The van der Waals surface area contributed by atoms with Gasteiger partial charge in [0, 0.05) is 23.7 Å². The number of rotatable bonds is 8. The highest BCUT2D eigenvalue weighted by molar-refractivity contribution is 5.90. The summed E-state index contributed by atoms with van der Waals surface area (Å²) in [5, 5.41) is 10.2. The normalized spacial score (nSPS) is 40.6. The predicted octanol–water partition coefficient (Wildman–Crippen LogP) is 4.51. The summed E-state index contributed by atoms with van der Waals surface area (Å²) in [5.74, 6) is -6.88. The Morgan fingerprint density at radius 2 is 1.22 bits per heavy atom. The standard InChI is InChI=1S/C20H23F3O6.C16H22O5/c1-3-19(6-4-5-7-19)29-18(26)13-11-8-10-12(13)17(25)28-15(10)14(11)27-16(24)9(2)20(21,22)23;1-2-16(5-3-4-6-16)21-15(19)10-8-7-9-11(10)14(18)20-13(9)12(8)17/h10-15H,2-8H2,1H3;8-13,17H,2-7H2,1H3. The molecule has 8 aliphatic rings. The van der Waals surface area contributed by atoms with Gasteiger partial charge in [-0.25, -0.2) is 4.79 Å². The lowest BCUT2D eigenvalue weighted by atomic mass is 9.78. The number of alkyl halides is 3. The van der Waals surface area contributed by atoms with E-state index in [4.69, 9.17) is 23.7 Å². The highest BCUT2D eigenvalue weighted by Gasteiger charge is 2.71. The van der Waals surface area contributed by atoms with Crippen LogP contribution >= 0.6 is 0 Å². The fourth-order valence-electron chi connectivity index (χ4n) is 10.8.